The molecule has 25 heavy (non-hydrogen) atoms. The van der Waals surface area contributed by atoms with Crippen molar-refractivity contribution in [2.45, 2.75) is 31.8 Å². The average molecular weight is 350 g/mol. The predicted molar refractivity (Wildman–Crippen MR) is 92.7 cm³/mol. The molecular formula is C18H26N2O5. The topological polar surface area (TPSA) is 69.3 Å². The third kappa shape index (κ3) is 4.42. The van der Waals surface area contributed by atoms with Gasteiger partial charge < -0.3 is 29.2 Å². The SMILES string of the molecule is COc1ccc(N[C@H](C(=O)N2CCOCC2)[C@H]2COC(C)(C)O2)cc1. The summed E-state index contributed by atoms with van der Waals surface area (Å²) in [6.45, 7) is 6.40. The van der Waals surface area contributed by atoms with Crippen LogP contribution < -0.4 is 10.1 Å². The van der Waals surface area contributed by atoms with E-state index in [1.807, 2.05) is 43.0 Å². The summed E-state index contributed by atoms with van der Waals surface area (Å²) in [6, 6.07) is 6.97. The lowest BCUT2D eigenvalue weighted by molar-refractivity contribution is -0.150. The van der Waals surface area contributed by atoms with Crippen LogP contribution in [0.1, 0.15) is 13.8 Å². The van der Waals surface area contributed by atoms with E-state index in [4.69, 9.17) is 18.9 Å². The van der Waals surface area contributed by atoms with Gasteiger partial charge in [-0.05, 0) is 38.1 Å². The van der Waals surface area contributed by atoms with Crippen LogP contribution in [0.5, 0.6) is 5.75 Å². The van der Waals surface area contributed by atoms with Crippen LogP contribution in [0.4, 0.5) is 5.69 Å². The standard InChI is InChI=1S/C18H26N2O5/c1-18(2)24-12-15(25-18)16(17(21)20-8-10-23-11-9-20)19-13-4-6-14(22-3)7-5-13/h4-7,15-16,19H,8-12H2,1-3H3/t15-,16+/m1/s1. The van der Waals surface area contributed by atoms with Crippen LogP contribution in [0.15, 0.2) is 24.3 Å². The molecule has 2 aliphatic rings. The van der Waals surface area contributed by atoms with Gasteiger partial charge in [0.25, 0.3) is 0 Å². The Labute approximate surface area is 148 Å². The molecule has 0 bridgehead atoms. The van der Waals surface area contributed by atoms with Gasteiger partial charge in [-0.15, -0.1) is 0 Å². The molecular weight excluding hydrogens is 324 g/mol. The van der Waals surface area contributed by atoms with Crippen molar-refractivity contribution in [3.8, 4) is 5.75 Å². The maximum atomic E-state index is 13.1. The second-order valence-corrected chi connectivity index (χ2v) is 6.66. The third-order valence-electron chi connectivity index (χ3n) is 4.40. The molecule has 0 aromatic heterocycles. The normalized spacial score (nSPS) is 24.0. The van der Waals surface area contributed by atoms with E-state index in [2.05, 4.69) is 5.32 Å². The summed E-state index contributed by atoms with van der Waals surface area (Å²) in [7, 11) is 1.62. The van der Waals surface area contributed by atoms with Crippen molar-refractivity contribution in [3.05, 3.63) is 24.3 Å². The van der Waals surface area contributed by atoms with Gasteiger partial charge in [-0.25, -0.2) is 0 Å². The number of morpholine rings is 1. The quantitative estimate of drug-likeness (QED) is 0.868. The van der Waals surface area contributed by atoms with Crippen LogP contribution >= 0.6 is 0 Å². The van der Waals surface area contributed by atoms with Gasteiger partial charge in [0.15, 0.2) is 5.79 Å². The first-order valence-electron chi connectivity index (χ1n) is 8.57. The number of hydrogen-bond donors (Lipinski definition) is 1. The lowest BCUT2D eigenvalue weighted by Gasteiger charge is -2.33. The minimum atomic E-state index is -0.685. The zero-order chi connectivity index (χ0) is 17.9. The molecule has 1 aromatic carbocycles. The minimum absolute atomic E-state index is 0.00502. The van der Waals surface area contributed by atoms with Gasteiger partial charge in [0.05, 0.1) is 26.9 Å². The number of nitrogens with zero attached hydrogens (tertiary/aromatic N) is 1. The van der Waals surface area contributed by atoms with Gasteiger partial charge in [0.2, 0.25) is 5.91 Å². The summed E-state index contributed by atoms with van der Waals surface area (Å²) < 4.78 is 22.1. The summed E-state index contributed by atoms with van der Waals surface area (Å²) in [5.74, 6) is 0.0871. The molecule has 2 aliphatic heterocycles. The zero-order valence-corrected chi connectivity index (χ0v) is 15.0. The number of amides is 1. The number of hydrogen-bond acceptors (Lipinski definition) is 6. The van der Waals surface area contributed by atoms with Gasteiger partial charge in [-0.2, -0.15) is 0 Å². The molecule has 7 nitrogen and oxygen atoms in total. The van der Waals surface area contributed by atoms with Gasteiger partial charge in [0.1, 0.15) is 17.9 Å². The average Bonchev–Trinajstić information content (AvgIpc) is 3.00. The highest BCUT2D eigenvalue weighted by molar-refractivity contribution is 5.85. The van der Waals surface area contributed by atoms with Crippen molar-refractivity contribution in [1.82, 2.24) is 4.90 Å². The first-order valence-corrected chi connectivity index (χ1v) is 8.57. The first kappa shape index (κ1) is 18.0. The van der Waals surface area contributed by atoms with E-state index in [0.29, 0.717) is 32.9 Å². The molecule has 138 valence electrons. The van der Waals surface area contributed by atoms with Gasteiger partial charge in [0, 0.05) is 18.8 Å². The second-order valence-electron chi connectivity index (χ2n) is 6.66. The lowest BCUT2D eigenvalue weighted by Crippen LogP contribution is -2.53. The molecule has 2 fully saturated rings. The largest absolute Gasteiger partial charge is 0.497 e. The number of benzene rings is 1. The molecule has 2 saturated heterocycles. The molecule has 3 rings (SSSR count). The number of carbonyl (C=O) groups excluding carboxylic acids is 1. The van der Waals surface area contributed by atoms with Gasteiger partial charge in [-0.3, -0.25) is 4.79 Å². The van der Waals surface area contributed by atoms with Crippen molar-refractivity contribution in [2.24, 2.45) is 0 Å². The molecule has 2 heterocycles. The highest BCUT2D eigenvalue weighted by Crippen LogP contribution is 2.27. The summed E-state index contributed by atoms with van der Waals surface area (Å²) >= 11 is 0. The Morgan fingerprint density at radius 2 is 1.96 bits per heavy atom. The van der Waals surface area contributed by atoms with Gasteiger partial charge in [-0.1, -0.05) is 0 Å². The Hall–Kier alpha value is -1.83. The maximum Gasteiger partial charge on any atom is 0.248 e. The van der Waals surface area contributed by atoms with E-state index in [1.54, 1.807) is 7.11 Å². The highest BCUT2D eigenvalue weighted by Gasteiger charge is 2.42. The molecule has 7 heteroatoms. The molecule has 0 saturated carbocycles. The van der Waals surface area contributed by atoms with E-state index in [0.717, 1.165) is 11.4 Å². The smallest absolute Gasteiger partial charge is 0.248 e. The van der Waals surface area contributed by atoms with Crippen molar-refractivity contribution in [2.75, 3.05) is 45.3 Å². The molecule has 0 aliphatic carbocycles. The van der Waals surface area contributed by atoms with E-state index in [1.165, 1.54) is 0 Å². The van der Waals surface area contributed by atoms with Crippen LogP contribution in [0.3, 0.4) is 0 Å². The van der Waals surface area contributed by atoms with Crippen molar-refractivity contribution in [1.29, 1.82) is 0 Å². The molecule has 0 unspecified atom stereocenters. The molecule has 1 N–H and O–H groups in total. The van der Waals surface area contributed by atoms with Crippen LogP contribution in [-0.4, -0.2) is 68.8 Å². The van der Waals surface area contributed by atoms with Crippen molar-refractivity contribution in [3.63, 3.8) is 0 Å². The highest BCUT2D eigenvalue weighted by atomic mass is 16.7. The van der Waals surface area contributed by atoms with Crippen molar-refractivity contribution >= 4 is 11.6 Å². The Morgan fingerprint density at radius 3 is 2.52 bits per heavy atom. The minimum Gasteiger partial charge on any atom is -0.497 e. The number of ether oxygens (including phenoxy) is 4. The van der Waals surface area contributed by atoms with Crippen LogP contribution in [0.2, 0.25) is 0 Å². The zero-order valence-electron chi connectivity index (χ0n) is 15.0. The summed E-state index contributed by atoms with van der Waals surface area (Å²) in [6.07, 6.45) is -0.354. The Morgan fingerprint density at radius 1 is 1.28 bits per heavy atom. The van der Waals surface area contributed by atoms with Crippen molar-refractivity contribution < 1.29 is 23.7 Å². The van der Waals surface area contributed by atoms with Crippen LogP contribution in [-0.2, 0) is 19.0 Å². The fourth-order valence-corrected chi connectivity index (χ4v) is 3.04. The number of nitrogens with one attached hydrogen (secondary N) is 1. The fraction of sp³-hybridized carbons (Fsp3) is 0.611. The van der Waals surface area contributed by atoms with E-state index in [-0.39, 0.29) is 12.0 Å². The Bertz CT molecular complexity index is 584. The van der Waals surface area contributed by atoms with Gasteiger partial charge >= 0.3 is 0 Å². The summed E-state index contributed by atoms with van der Waals surface area (Å²) in [5, 5.41) is 3.31. The predicted octanol–water partition coefficient (Wildman–Crippen LogP) is 1.49. The lowest BCUT2D eigenvalue weighted by atomic mass is 10.1. The molecule has 1 aromatic rings. The second kappa shape index (κ2) is 7.59. The summed E-state index contributed by atoms with van der Waals surface area (Å²) in [5.41, 5.74) is 0.834. The Kier molecular flexibility index (Phi) is 5.46. The van der Waals surface area contributed by atoms with Crippen LogP contribution in [0.25, 0.3) is 0 Å². The van der Waals surface area contributed by atoms with E-state index < -0.39 is 11.8 Å². The first-order chi connectivity index (χ1) is 12.0. The molecule has 0 radical (unpaired) electrons. The van der Waals surface area contributed by atoms with E-state index in [9.17, 15) is 4.79 Å². The number of methoxy groups -OCH3 is 1. The molecule has 0 spiro atoms. The fourth-order valence-electron chi connectivity index (χ4n) is 3.04. The molecule has 1 amide bonds. The third-order valence-corrected chi connectivity index (χ3v) is 4.40. The molecule has 2 atom stereocenters. The number of anilines is 1. The maximum absolute atomic E-state index is 13.1. The summed E-state index contributed by atoms with van der Waals surface area (Å²) in [4.78, 5) is 14.9. The number of rotatable bonds is 5. The Balaban J connectivity index is 1.76. The van der Waals surface area contributed by atoms with E-state index >= 15 is 0 Å². The number of carbonyl (C=O) groups is 1. The monoisotopic (exact) mass is 350 g/mol. The van der Waals surface area contributed by atoms with Crippen LogP contribution in [0, 0.1) is 0 Å².